The number of halogens is 2. The predicted molar refractivity (Wildman–Crippen MR) is 129 cm³/mol. The first-order valence-corrected chi connectivity index (χ1v) is 11.4. The van der Waals surface area contributed by atoms with Gasteiger partial charge in [0.2, 0.25) is 11.8 Å². The number of nitrogens with zero attached hydrogens (tertiary/aromatic N) is 1. The molecule has 33 heavy (non-hydrogen) atoms. The molecule has 3 aromatic carbocycles. The van der Waals surface area contributed by atoms with Crippen molar-refractivity contribution in [2.24, 2.45) is 0 Å². The van der Waals surface area contributed by atoms with E-state index >= 15 is 0 Å². The maximum Gasteiger partial charge on any atom is 0.243 e. The Morgan fingerprint density at radius 2 is 1.55 bits per heavy atom. The van der Waals surface area contributed by atoms with E-state index in [1.54, 1.807) is 29.2 Å². The highest BCUT2D eigenvalue weighted by molar-refractivity contribution is 6.30. The van der Waals surface area contributed by atoms with Crippen LogP contribution in [0.2, 0.25) is 5.02 Å². The summed E-state index contributed by atoms with van der Waals surface area (Å²) >= 11 is 6.03. The summed E-state index contributed by atoms with van der Waals surface area (Å²) in [7, 11) is 0. The molecular formula is C27H28ClFN2O2. The third kappa shape index (κ3) is 7.43. The highest BCUT2D eigenvalue weighted by atomic mass is 35.5. The van der Waals surface area contributed by atoms with E-state index in [0.29, 0.717) is 23.6 Å². The minimum atomic E-state index is -0.692. The fourth-order valence-electron chi connectivity index (χ4n) is 3.58. The SMILES string of the molecule is CCCNC(=O)C(Cc1ccccc1)N(Cc1ccc(Cl)cc1)C(=O)Cc1ccc(F)cc1. The Balaban J connectivity index is 1.93. The molecule has 0 aromatic heterocycles. The van der Waals surface area contributed by atoms with Crippen molar-refractivity contribution >= 4 is 23.4 Å². The number of amides is 2. The van der Waals surface area contributed by atoms with Gasteiger partial charge in [-0.15, -0.1) is 0 Å². The van der Waals surface area contributed by atoms with Gasteiger partial charge in [0.05, 0.1) is 6.42 Å². The third-order valence-electron chi connectivity index (χ3n) is 5.36. The lowest BCUT2D eigenvalue weighted by Crippen LogP contribution is -2.51. The largest absolute Gasteiger partial charge is 0.354 e. The molecule has 1 N–H and O–H groups in total. The molecule has 6 heteroatoms. The molecule has 3 rings (SSSR count). The zero-order chi connectivity index (χ0) is 23.6. The van der Waals surface area contributed by atoms with Gasteiger partial charge in [0.15, 0.2) is 0 Å². The zero-order valence-electron chi connectivity index (χ0n) is 18.6. The summed E-state index contributed by atoms with van der Waals surface area (Å²) in [5, 5.41) is 3.55. The first kappa shape index (κ1) is 24.5. The maximum atomic E-state index is 13.5. The summed E-state index contributed by atoms with van der Waals surface area (Å²) in [6.45, 7) is 2.77. The topological polar surface area (TPSA) is 49.4 Å². The van der Waals surface area contributed by atoms with Crippen LogP contribution in [0.5, 0.6) is 0 Å². The van der Waals surface area contributed by atoms with E-state index in [1.165, 1.54) is 12.1 Å². The van der Waals surface area contributed by atoms with Gasteiger partial charge >= 0.3 is 0 Å². The molecule has 0 aliphatic rings. The molecule has 0 radical (unpaired) electrons. The molecule has 1 atom stereocenters. The molecule has 0 aliphatic heterocycles. The van der Waals surface area contributed by atoms with Crippen molar-refractivity contribution in [1.82, 2.24) is 10.2 Å². The average Bonchev–Trinajstić information content (AvgIpc) is 2.83. The van der Waals surface area contributed by atoms with Crippen LogP contribution in [0.25, 0.3) is 0 Å². The Bertz CT molecular complexity index is 1040. The van der Waals surface area contributed by atoms with Crippen LogP contribution in [0, 0.1) is 5.82 Å². The molecule has 0 aliphatic carbocycles. The monoisotopic (exact) mass is 466 g/mol. The molecule has 0 saturated carbocycles. The minimum Gasteiger partial charge on any atom is -0.354 e. The van der Waals surface area contributed by atoms with E-state index in [1.807, 2.05) is 49.4 Å². The number of benzene rings is 3. The number of rotatable bonds is 10. The Morgan fingerprint density at radius 3 is 2.18 bits per heavy atom. The summed E-state index contributed by atoms with van der Waals surface area (Å²) < 4.78 is 13.3. The molecule has 0 saturated heterocycles. The van der Waals surface area contributed by atoms with E-state index < -0.39 is 6.04 Å². The maximum absolute atomic E-state index is 13.5. The predicted octanol–water partition coefficient (Wildman–Crippen LogP) is 5.19. The van der Waals surface area contributed by atoms with Gasteiger partial charge < -0.3 is 10.2 Å². The Labute approximate surface area is 199 Å². The normalized spacial score (nSPS) is 11.6. The number of carbonyl (C=O) groups excluding carboxylic acids is 2. The molecule has 0 fully saturated rings. The van der Waals surface area contributed by atoms with Gasteiger partial charge in [-0.3, -0.25) is 9.59 Å². The molecule has 3 aromatic rings. The summed E-state index contributed by atoms with van der Waals surface area (Å²) in [5.41, 5.74) is 2.52. The van der Waals surface area contributed by atoms with E-state index in [9.17, 15) is 14.0 Å². The molecular weight excluding hydrogens is 439 g/mol. The molecule has 172 valence electrons. The second-order valence-electron chi connectivity index (χ2n) is 7.95. The van der Waals surface area contributed by atoms with Crippen molar-refractivity contribution < 1.29 is 14.0 Å². The quantitative estimate of drug-likeness (QED) is 0.447. The Hall–Kier alpha value is -3.18. The second-order valence-corrected chi connectivity index (χ2v) is 8.38. The van der Waals surface area contributed by atoms with Crippen molar-refractivity contribution in [2.45, 2.75) is 38.8 Å². The van der Waals surface area contributed by atoms with Crippen LogP contribution in [0.1, 0.15) is 30.0 Å². The lowest BCUT2D eigenvalue weighted by atomic mass is 10.0. The Morgan fingerprint density at radius 1 is 0.909 bits per heavy atom. The van der Waals surface area contributed by atoms with Gasteiger partial charge in [-0.1, -0.05) is 73.1 Å². The summed E-state index contributed by atoms with van der Waals surface area (Å²) in [6, 6.07) is 22.1. The van der Waals surface area contributed by atoms with Crippen LogP contribution < -0.4 is 5.32 Å². The van der Waals surface area contributed by atoms with Gasteiger partial charge in [0.25, 0.3) is 0 Å². The van der Waals surface area contributed by atoms with Crippen LogP contribution >= 0.6 is 11.6 Å². The number of carbonyl (C=O) groups is 2. The third-order valence-corrected chi connectivity index (χ3v) is 5.61. The van der Waals surface area contributed by atoms with Crippen LogP contribution in [0.3, 0.4) is 0 Å². The van der Waals surface area contributed by atoms with Crippen LogP contribution in [0.4, 0.5) is 4.39 Å². The van der Waals surface area contributed by atoms with Gasteiger partial charge in [-0.05, 0) is 47.4 Å². The lowest BCUT2D eigenvalue weighted by Gasteiger charge is -2.31. The van der Waals surface area contributed by atoms with Gasteiger partial charge in [0.1, 0.15) is 11.9 Å². The van der Waals surface area contributed by atoms with Crippen molar-refractivity contribution in [3.05, 3.63) is 106 Å². The van der Waals surface area contributed by atoms with Gasteiger partial charge in [-0.2, -0.15) is 0 Å². The van der Waals surface area contributed by atoms with Crippen molar-refractivity contribution in [2.75, 3.05) is 6.54 Å². The van der Waals surface area contributed by atoms with E-state index in [0.717, 1.165) is 17.5 Å². The smallest absolute Gasteiger partial charge is 0.243 e. The number of nitrogens with one attached hydrogen (secondary N) is 1. The standard InChI is InChI=1S/C27H28ClFN2O2/c1-2-16-30-27(33)25(17-20-6-4-3-5-7-20)31(19-22-8-12-23(28)13-9-22)26(32)18-21-10-14-24(29)15-11-21/h3-15,25H,2,16-19H2,1H3,(H,30,33). The minimum absolute atomic E-state index is 0.0697. The first-order valence-electron chi connectivity index (χ1n) is 11.1. The van der Waals surface area contributed by atoms with E-state index in [-0.39, 0.29) is 30.6 Å². The zero-order valence-corrected chi connectivity index (χ0v) is 19.4. The van der Waals surface area contributed by atoms with E-state index in [4.69, 9.17) is 11.6 Å². The average molecular weight is 467 g/mol. The van der Waals surface area contributed by atoms with Crippen molar-refractivity contribution in [1.29, 1.82) is 0 Å². The number of hydrogen-bond donors (Lipinski definition) is 1. The van der Waals surface area contributed by atoms with Crippen molar-refractivity contribution in [3.8, 4) is 0 Å². The van der Waals surface area contributed by atoms with Gasteiger partial charge in [0, 0.05) is 24.5 Å². The summed E-state index contributed by atoms with van der Waals surface area (Å²) in [5.74, 6) is -0.753. The number of hydrogen-bond acceptors (Lipinski definition) is 2. The first-order chi connectivity index (χ1) is 16.0. The lowest BCUT2D eigenvalue weighted by molar-refractivity contribution is -0.140. The summed E-state index contributed by atoms with van der Waals surface area (Å²) in [6.07, 6.45) is 1.25. The molecule has 4 nitrogen and oxygen atoms in total. The van der Waals surface area contributed by atoms with Gasteiger partial charge in [-0.25, -0.2) is 4.39 Å². The molecule has 2 amide bonds. The molecule has 0 spiro atoms. The summed E-state index contributed by atoms with van der Waals surface area (Å²) in [4.78, 5) is 28.3. The second kappa shape index (κ2) is 12.2. The highest BCUT2D eigenvalue weighted by Crippen LogP contribution is 2.18. The fourth-order valence-corrected chi connectivity index (χ4v) is 3.71. The molecule has 1 unspecified atom stereocenters. The van der Waals surface area contributed by atoms with Crippen LogP contribution in [0.15, 0.2) is 78.9 Å². The van der Waals surface area contributed by atoms with Crippen molar-refractivity contribution in [3.63, 3.8) is 0 Å². The fraction of sp³-hybridized carbons (Fsp3) is 0.259. The molecule has 0 heterocycles. The van der Waals surface area contributed by atoms with Crippen LogP contribution in [-0.2, 0) is 29.0 Å². The highest BCUT2D eigenvalue weighted by Gasteiger charge is 2.30. The van der Waals surface area contributed by atoms with Crippen LogP contribution in [-0.4, -0.2) is 29.3 Å². The Kier molecular flexibility index (Phi) is 9.02. The van der Waals surface area contributed by atoms with E-state index in [2.05, 4.69) is 5.32 Å². The molecule has 0 bridgehead atoms.